The number of thiocarbonyl (C=S) groups is 1. The van der Waals surface area contributed by atoms with Gasteiger partial charge in [-0.05, 0) is 66.0 Å². The molecule has 2 rings (SSSR count). The number of carbonyl (C=O) groups excluding carboxylic acids is 2. The summed E-state index contributed by atoms with van der Waals surface area (Å²) in [4.78, 5) is 23.8. The van der Waals surface area contributed by atoms with E-state index in [0.717, 1.165) is 11.1 Å². The van der Waals surface area contributed by atoms with Gasteiger partial charge < -0.3 is 4.74 Å². The van der Waals surface area contributed by atoms with Crippen LogP contribution in [0.2, 0.25) is 0 Å². The quantitative estimate of drug-likeness (QED) is 0.373. The molecule has 2 aromatic carbocycles. The maximum absolute atomic E-state index is 12.9. The molecule has 0 heterocycles. The zero-order chi connectivity index (χ0) is 22.1. The largest absolute Gasteiger partial charge is 0.483 e. The Morgan fingerprint density at radius 3 is 2.50 bits per heavy atom. The van der Waals surface area contributed by atoms with Gasteiger partial charge in [-0.3, -0.25) is 25.8 Å². The highest BCUT2D eigenvalue weighted by Crippen LogP contribution is 2.27. The highest BCUT2D eigenvalue weighted by molar-refractivity contribution is 7.80. The number of carbonyl (C=O) groups is 2. The fourth-order valence-electron chi connectivity index (χ4n) is 2.48. The third kappa shape index (κ3) is 7.63. The molecule has 0 aliphatic heterocycles. The van der Waals surface area contributed by atoms with Crippen molar-refractivity contribution in [2.24, 2.45) is 0 Å². The van der Waals surface area contributed by atoms with Gasteiger partial charge in [0, 0.05) is 6.08 Å². The molecule has 0 bridgehead atoms. The number of halogens is 1. The number of nitrogens with one attached hydrogen (secondary N) is 3. The van der Waals surface area contributed by atoms with E-state index in [4.69, 9.17) is 17.0 Å². The molecule has 0 unspecified atom stereocenters. The first-order valence-electron chi connectivity index (χ1n) is 9.31. The Balaban J connectivity index is 1.76. The number of ether oxygens (including phenoxy) is 1. The van der Waals surface area contributed by atoms with Gasteiger partial charge in [0.05, 0.1) is 0 Å². The molecule has 0 aromatic heterocycles. The Morgan fingerprint density at radius 1 is 1.13 bits per heavy atom. The molecule has 0 spiro atoms. The molecule has 0 aliphatic carbocycles. The first-order valence-corrected chi connectivity index (χ1v) is 9.72. The third-order valence-corrected chi connectivity index (χ3v) is 4.20. The van der Waals surface area contributed by atoms with E-state index in [2.05, 4.69) is 16.2 Å². The van der Waals surface area contributed by atoms with Crippen LogP contribution in [0.5, 0.6) is 5.75 Å². The Morgan fingerprint density at radius 2 is 1.83 bits per heavy atom. The molecule has 8 heteroatoms. The molecule has 0 fully saturated rings. The van der Waals surface area contributed by atoms with E-state index in [9.17, 15) is 14.0 Å². The molecule has 30 heavy (non-hydrogen) atoms. The minimum atomic E-state index is -0.497. The van der Waals surface area contributed by atoms with E-state index in [1.165, 1.54) is 36.4 Å². The van der Waals surface area contributed by atoms with Crippen molar-refractivity contribution in [2.75, 3.05) is 6.61 Å². The second-order valence-corrected chi connectivity index (χ2v) is 7.27. The fourth-order valence-corrected chi connectivity index (χ4v) is 2.63. The van der Waals surface area contributed by atoms with E-state index in [-0.39, 0.29) is 23.5 Å². The van der Waals surface area contributed by atoms with Crippen LogP contribution in [0.1, 0.15) is 36.5 Å². The molecule has 3 N–H and O–H groups in total. The maximum atomic E-state index is 12.9. The number of hydrazine groups is 1. The van der Waals surface area contributed by atoms with Crippen LogP contribution in [0.4, 0.5) is 4.39 Å². The summed E-state index contributed by atoms with van der Waals surface area (Å²) in [5, 5.41) is 2.31. The summed E-state index contributed by atoms with van der Waals surface area (Å²) in [6.45, 7) is 5.83. The maximum Gasteiger partial charge on any atom is 0.276 e. The Labute approximate surface area is 180 Å². The van der Waals surface area contributed by atoms with Crippen molar-refractivity contribution >= 4 is 35.2 Å². The van der Waals surface area contributed by atoms with Gasteiger partial charge in [-0.1, -0.05) is 38.1 Å². The van der Waals surface area contributed by atoms with Gasteiger partial charge in [0.1, 0.15) is 11.6 Å². The summed E-state index contributed by atoms with van der Waals surface area (Å²) in [5.74, 6) is -0.396. The Bertz CT molecular complexity index is 943. The van der Waals surface area contributed by atoms with Crippen molar-refractivity contribution < 1.29 is 18.7 Å². The van der Waals surface area contributed by atoms with Gasteiger partial charge in [0.15, 0.2) is 11.7 Å². The van der Waals surface area contributed by atoms with Crippen LogP contribution >= 0.6 is 12.2 Å². The molecule has 2 amide bonds. The summed E-state index contributed by atoms with van der Waals surface area (Å²) < 4.78 is 18.5. The zero-order valence-corrected chi connectivity index (χ0v) is 17.8. The Kier molecular flexibility index (Phi) is 8.49. The van der Waals surface area contributed by atoms with Gasteiger partial charge in [-0.2, -0.15) is 0 Å². The van der Waals surface area contributed by atoms with Crippen LogP contribution in [0, 0.1) is 12.7 Å². The van der Waals surface area contributed by atoms with Gasteiger partial charge in [-0.15, -0.1) is 0 Å². The predicted octanol–water partition coefficient (Wildman–Crippen LogP) is 3.37. The van der Waals surface area contributed by atoms with Crippen molar-refractivity contribution in [3.05, 3.63) is 71.0 Å². The molecular weight excluding hydrogens is 405 g/mol. The average Bonchev–Trinajstić information content (AvgIpc) is 2.70. The molecule has 0 saturated heterocycles. The van der Waals surface area contributed by atoms with Crippen molar-refractivity contribution in [1.82, 2.24) is 16.2 Å². The summed E-state index contributed by atoms with van der Waals surface area (Å²) in [6, 6.07) is 11.5. The molecule has 158 valence electrons. The Hall–Kier alpha value is -3.26. The van der Waals surface area contributed by atoms with Crippen LogP contribution in [0.3, 0.4) is 0 Å². The first-order chi connectivity index (χ1) is 14.2. The van der Waals surface area contributed by atoms with Crippen molar-refractivity contribution in [1.29, 1.82) is 0 Å². The van der Waals surface area contributed by atoms with E-state index < -0.39 is 11.8 Å². The highest BCUT2D eigenvalue weighted by atomic mass is 32.1. The summed E-state index contributed by atoms with van der Waals surface area (Å²) in [7, 11) is 0. The summed E-state index contributed by atoms with van der Waals surface area (Å²) in [5.41, 5.74) is 7.51. The SMILES string of the molecule is Cc1ccc(C(C)C)c(OCC(=O)NNC(=S)NC(=O)C=Cc2ccc(F)cc2)c1. The van der Waals surface area contributed by atoms with Gasteiger partial charge >= 0.3 is 0 Å². The van der Waals surface area contributed by atoms with E-state index in [0.29, 0.717) is 11.3 Å². The van der Waals surface area contributed by atoms with Crippen LogP contribution in [-0.4, -0.2) is 23.5 Å². The van der Waals surface area contributed by atoms with Crippen LogP contribution in [0.15, 0.2) is 48.5 Å². The molecule has 0 atom stereocenters. The van der Waals surface area contributed by atoms with E-state index in [1.54, 1.807) is 0 Å². The van der Waals surface area contributed by atoms with Crippen LogP contribution < -0.4 is 20.9 Å². The third-order valence-electron chi connectivity index (χ3n) is 4.00. The van der Waals surface area contributed by atoms with Crippen LogP contribution in [0.25, 0.3) is 6.08 Å². The van der Waals surface area contributed by atoms with Crippen molar-refractivity contribution in [3.63, 3.8) is 0 Å². The standard InChI is InChI=1S/C22H24FN3O3S/c1-14(2)18-10-4-15(3)12-19(18)29-13-21(28)25-26-22(30)24-20(27)11-7-16-5-8-17(23)9-6-16/h4-12,14H,13H2,1-3H3,(H,25,28)(H2,24,26,27,30). The number of amides is 2. The normalized spacial score (nSPS) is 10.7. The number of hydrogen-bond acceptors (Lipinski definition) is 4. The van der Waals surface area contributed by atoms with Gasteiger partial charge in [-0.25, -0.2) is 4.39 Å². The molecule has 0 saturated carbocycles. The lowest BCUT2D eigenvalue weighted by Gasteiger charge is -2.15. The summed E-state index contributed by atoms with van der Waals surface area (Å²) >= 11 is 4.96. The topological polar surface area (TPSA) is 79.5 Å². The second kappa shape index (κ2) is 11.1. The van der Waals surface area contributed by atoms with E-state index in [1.807, 2.05) is 39.0 Å². The monoisotopic (exact) mass is 429 g/mol. The summed E-state index contributed by atoms with van der Waals surface area (Å²) in [6.07, 6.45) is 2.76. The van der Waals surface area contributed by atoms with Crippen LogP contribution in [-0.2, 0) is 9.59 Å². The first kappa shape index (κ1) is 23.0. The number of rotatable bonds is 6. The lowest BCUT2D eigenvalue weighted by molar-refractivity contribution is -0.123. The number of benzene rings is 2. The lowest BCUT2D eigenvalue weighted by Crippen LogP contribution is -2.49. The van der Waals surface area contributed by atoms with Gasteiger partial charge in [0.25, 0.3) is 5.91 Å². The second-order valence-electron chi connectivity index (χ2n) is 6.86. The molecule has 2 aromatic rings. The smallest absolute Gasteiger partial charge is 0.276 e. The number of aryl methyl sites for hydroxylation is 1. The van der Waals surface area contributed by atoms with Gasteiger partial charge in [0.2, 0.25) is 5.91 Å². The minimum absolute atomic E-state index is 0.0736. The zero-order valence-electron chi connectivity index (χ0n) is 17.0. The minimum Gasteiger partial charge on any atom is -0.483 e. The average molecular weight is 430 g/mol. The van der Waals surface area contributed by atoms with Crippen molar-refractivity contribution in [3.8, 4) is 5.75 Å². The molecule has 0 radical (unpaired) electrons. The molecular formula is C22H24FN3O3S. The lowest BCUT2D eigenvalue weighted by atomic mass is 10.0. The molecule has 6 nitrogen and oxygen atoms in total. The molecule has 0 aliphatic rings. The number of hydrogen-bond donors (Lipinski definition) is 3. The van der Waals surface area contributed by atoms with Crippen molar-refractivity contribution in [2.45, 2.75) is 26.7 Å². The predicted molar refractivity (Wildman–Crippen MR) is 118 cm³/mol. The highest BCUT2D eigenvalue weighted by Gasteiger charge is 2.10. The fraction of sp³-hybridized carbons (Fsp3) is 0.227. The van der Waals surface area contributed by atoms with E-state index >= 15 is 0 Å².